The molecule has 0 bridgehead atoms. The minimum atomic E-state index is -4.83. The number of aromatic nitrogens is 7. The van der Waals surface area contributed by atoms with Crippen molar-refractivity contribution in [1.82, 2.24) is 34.5 Å². The van der Waals surface area contributed by atoms with Crippen LogP contribution >= 0.6 is 11.8 Å². The molecule has 0 atom stereocenters. The van der Waals surface area contributed by atoms with Gasteiger partial charge in [-0.25, -0.2) is 31.8 Å². The second-order valence-electron chi connectivity index (χ2n) is 10.4. The molecule has 0 aliphatic carbocycles. The Labute approximate surface area is 308 Å². The van der Waals surface area contributed by atoms with Gasteiger partial charge in [-0.1, -0.05) is 6.07 Å². The second-order valence-corrected chi connectivity index (χ2v) is 14.9. The van der Waals surface area contributed by atoms with Crippen LogP contribution in [0.25, 0.3) is 11.6 Å². The van der Waals surface area contributed by atoms with Crippen LogP contribution in [0.3, 0.4) is 0 Å². The summed E-state index contributed by atoms with van der Waals surface area (Å²) in [5.74, 6) is -1.55. The number of hydrogen-bond donors (Lipinski definition) is 2. The quantitative estimate of drug-likeness (QED) is 0.113. The van der Waals surface area contributed by atoms with Crippen LogP contribution in [0.1, 0.15) is 11.4 Å². The summed E-state index contributed by atoms with van der Waals surface area (Å²) >= 11 is -0.312. The fourth-order valence-corrected chi connectivity index (χ4v) is 6.87. The Hall–Kier alpha value is -5.69. The average Bonchev–Trinajstić information content (AvgIpc) is 3.77. The zero-order valence-electron chi connectivity index (χ0n) is 26.8. The molecule has 4 aromatic heterocycles. The largest absolute Gasteiger partial charge is 0.451 e. The topological polar surface area (TPSA) is 167 Å². The van der Waals surface area contributed by atoms with Crippen molar-refractivity contribution in [2.24, 2.45) is 0 Å². The van der Waals surface area contributed by atoms with Crippen molar-refractivity contribution in [1.29, 1.82) is 0 Å². The predicted octanol–water partition coefficient (Wildman–Crippen LogP) is 7.18. The van der Waals surface area contributed by atoms with E-state index >= 15 is 0 Å². The number of anilines is 2. The van der Waals surface area contributed by atoms with Crippen LogP contribution < -0.4 is 9.44 Å². The lowest BCUT2D eigenvalue weighted by molar-refractivity contribution is -0.145. The van der Waals surface area contributed by atoms with Gasteiger partial charge in [-0.2, -0.15) is 59.1 Å². The summed E-state index contributed by atoms with van der Waals surface area (Å²) in [6.45, 7) is 0. The molecule has 6 rings (SSSR count). The molecule has 4 heterocycles. The monoisotopic (exact) mass is 837 g/mol. The van der Waals surface area contributed by atoms with E-state index in [4.69, 9.17) is 0 Å². The van der Waals surface area contributed by atoms with Crippen LogP contribution in [0.5, 0.6) is 0 Å². The smallest absolute Gasteiger partial charge is 0.263 e. The SMILES string of the molecule is O=S(=O)(Nc1ccnn1-c1ccccn1)c1ccc(SC(F)(F)F)cc1.O=S(=O)(Nc1ccnn1-c1ccnc(C(F)(F)F)n1)c1ccc(C(F)(F)F)cc1. The molecular weight excluding hydrogens is 818 g/mol. The molecule has 0 aliphatic rings. The summed E-state index contributed by atoms with van der Waals surface area (Å²) in [5.41, 5.74) is -5.48. The zero-order chi connectivity index (χ0) is 40.2. The molecule has 6 aromatic rings. The van der Waals surface area contributed by atoms with Gasteiger partial charge in [0.1, 0.15) is 11.6 Å². The maximum Gasteiger partial charge on any atom is 0.451 e. The van der Waals surface area contributed by atoms with Crippen LogP contribution in [-0.4, -0.2) is 56.9 Å². The van der Waals surface area contributed by atoms with E-state index in [1.54, 1.807) is 18.2 Å². The molecule has 0 saturated carbocycles. The number of thioether (sulfide) groups is 1. The third kappa shape index (κ3) is 10.5. The van der Waals surface area contributed by atoms with Crippen molar-refractivity contribution in [2.75, 3.05) is 9.44 Å². The predicted molar refractivity (Wildman–Crippen MR) is 177 cm³/mol. The third-order valence-electron chi connectivity index (χ3n) is 6.60. The van der Waals surface area contributed by atoms with Crippen molar-refractivity contribution in [2.45, 2.75) is 32.5 Å². The van der Waals surface area contributed by atoms with Gasteiger partial charge >= 0.3 is 17.9 Å². The number of halogens is 9. The number of alkyl halides is 9. The van der Waals surface area contributed by atoms with Crippen LogP contribution in [-0.2, 0) is 32.4 Å². The normalized spacial score (nSPS) is 12.5. The van der Waals surface area contributed by atoms with E-state index < -0.39 is 54.2 Å². The maximum absolute atomic E-state index is 12.8. The summed E-state index contributed by atoms with van der Waals surface area (Å²) in [4.78, 5) is 9.71. The van der Waals surface area contributed by atoms with E-state index in [2.05, 4.69) is 29.9 Å². The van der Waals surface area contributed by atoms with E-state index in [9.17, 15) is 56.3 Å². The van der Waals surface area contributed by atoms with Gasteiger partial charge in [-0.15, -0.1) is 0 Å². The standard InChI is InChI=1S/C15H9F6N5O2S.C15H11F3N4O2S2/c16-14(17,18)9-1-3-10(4-2-9)29(27,28)25-12-6-8-23-26(12)11-5-7-22-13(24-11)15(19,20)21;16-15(17,18)25-11-4-6-12(7-5-11)26(23,24)21-14-8-10-20-22(14)13-3-1-2-9-19-13/h1-8,25H;1-10,21H. The molecule has 2 N–H and O–H groups in total. The Kier molecular flexibility index (Phi) is 11.5. The minimum Gasteiger partial charge on any atom is -0.263 e. The Morgan fingerprint density at radius 3 is 1.55 bits per heavy atom. The maximum atomic E-state index is 12.8. The van der Waals surface area contributed by atoms with Crippen molar-refractivity contribution >= 4 is 43.4 Å². The number of nitrogens with one attached hydrogen (secondary N) is 2. The lowest BCUT2D eigenvalue weighted by atomic mass is 10.2. The lowest BCUT2D eigenvalue weighted by Crippen LogP contribution is -2.18. The van der Waals surface area contributed by atoms with Gasteiger partial charge in [0.25, 0.3) is 20.0 Å². The summed E-state index contributed by atoms with van der Waals surface area (Å²) in [7, 11) is -8.36. The van der Waals surface area contributed by atoms with Gasteiger partial charge in [0.2, 0.25) is 5.82 Å². The first-order valence-corrected chi connectivity index (χ1v) is 18.4. The number of nitrogens with zero attached hydrogens (tertiary/aromatic N) is 7. The van der Waals surface area contributed by atoms with E-state index in [0.717, 1.165) is 65.6 Å². The first-order valence-electron chi connectivity index (χ1n) is 14.6. The number of benzene rings is 2. The molecule has 0 amide bonds. The van der Waals surface area contributed by atoms with Crippen LogP contribution in [0.4, 0.5) is 51.1 Å². The van der Waals surface area contributed by atoms with E-state index in [-0.39, 0.29) is 39.0 Å². The first kappa shape index (κ1) is 40.5. The van der Waals surface area contributed by atoms with Gasteiger partial charge in [-0.3, -0.25) is 9.44 Å². The lowest BCUT2D eigenvalue weighted by Gasteiger charge is -2.12. The molecule has 2 aromatic carbocycles. The molecule has 0 fully saturated rings. The highest BCUT2D eigenvalue weighted by atomic mass is 32.2. The van der Waals surface area contributed by atoms with Gasteiger partial charge in [0, 0.05) is 35.5 Å². The molecule has 25 heteroatoms. The highest BCUT2D eigenvalue weighted by molar-refractivity contribution is 8.00. The first-order chi connectivity index (χ1) is 25.6. The minimum absolute atomic E-state index is 0.102. The number of pyridine rings is 1. The van der Waals surface area contributed by atoms with Crippen molar-refractivity contribution in [3.05, 3.63) is 121 Å². The molecule has 13 nitrogen and oxygen atoms in total. The number of rotatable bonds is 9. The fraction of sp³-hybridized carbons (Fsp3) is 0.100. The number of sulfonamides is 2. The van der Waals surface area contributed by atoms with Crippen molar-refractivity contribution in [3.63, 3.8) is 0 Å². The van der Waals surface area contributed by atoms with E-state index in [0.29, 0.717) is 18.0 Å². The molecule has 0 saturated heterocycles. The number of hydrogen-bond acceptors (Lipinski definition) is 10. The summed E-state index contributed by atoms with van der Waals surface area (Å²) < 4.78 is 169. The van der Waals surface area contributed by atoms with Crippen molar-refractivity contribution in [3.8, 4) is 11.6 Å². The Morgan fingerprint density at radius 1 is 0.545 bits per heavy atom. The molecule has 0 radical (unpaired) electrons. The van der Waals surface area contributed by atoms with Crippen LogP contribution in [0.15, 0.2) is 124 Å². The highest BCUT2D eigenvalue weighted by Gasteiger charge is 2.35. The Bertz CT molecular complexity index is 2460. The van der Waals surface area contributed by atoms with Crippen LogP contribution in [0.2, 0.25) is 0 Å². The molecule has 55 heavy (non-hydrogen) atoms. The van der Waals surface area contributed by atoms with Crippen LogP contribution in [0, 0.1) is 0 Å². The van der Waals surface area contributed by atoms with Gasteiger partial charge in [0.05, 0.1) is 27.7 Å². The summed E-state index contributed by atoms with van der Waals surface area (Å²) in [6, 6.07) is 15.8. The second kappa shape index (κ2) is 15.6. The average molecular weight is 838 g/mol. The molecule has 0 spiro atoms. The molecule has 0 aliphatic heterocycles. The molecular formula is C30H20F9N9O4S3. The third-order valence-corrected chi connectivity index (χ3v) is 10.1. The van der Waals surface area contributed by atoms with Crippen molar-refractivity contribution < 1.29 is 56.3 Å². The van der Waals surface area contributed by atoms with Gasteiger partial charge in [-0.05, 0) is 72.4 Å². The molecule has 290 valence electrons. The zero-order valence-corrected chi connectivity index (χ0v) is 29.2. The van der Waals surface area contributed by atoms with E-state index in [1.165, 1.54) is 23.1 Å². The highest BCUT2D eigenvalue weighted by Crippen LogP contribution is 2.37. The fourth-order valence-electron chi connectivity index (χ4n) is 4.25. The van der Waals surface area contributed by atoms with Gasteiger partial charge < -0.3 is 0 Å². The summed E-state index contributed by atoms with van der Waals surface area (Å²) in [5, 5.41) is 7.73. The Morgan fingerprint density at radius 2 is 1.07 bits per heavy atom. The Balaban J connectivity index is 0.000000212. The summed E-state index contributed by atoms with van der Waals surface area (Å²) in [6.07, 6.45) is -4.62. The van der Waals surface area contributed by atoms with E-state index in [1.807, 2.05) is 4.72 Å². The van der Waals surface area contributed by atoms with Gasteiger partial charge in [0.15, 0.2) is 11.6 Å². The molecule has 0 unspecified atom stereocenters.